The van der Waals surface area contributed by atoms with Gasteiger partial charge in [0.1, 0.15) is 5.75 Å². The van der Waals surface area contributed by atoms with Gasteiger partial charge in [-0.05, 0) is 49.0 Å². The van der Waals surface area contributed by atoms with Crippen LogP contribution in [-0.2, 0) is 10.0 Å². The van der Waals surface area contributed by atoms with Crippen LogP contribution in [0.15, 0.2) is 53.4 Å². The van der Waals surface area contributed by atoms with E-state index in [0.717, 1.165) is 17.0 Å². The van der Waals surface area contributed by atoms with E-state index in [1.807, 2.05) is 57.2 Å². The number of nitrogens with one attached hydrogen (secondary N) is 2. The SMILES string of the molecule is CCN(CC)S(=O)(=O)c1ccc([C@@H](C)NC(=S)Nc2cccc(OC)c2)cc1. The molecule has 28 heavy (non-hydrogen) atoms. The summed E-state index contributed by atoms with van der Waals surface area (Å²) in [4.78, 5) is 0.296. The van der Waals surface area contributed by atoms with Gasteiger partial charge in [0, 0.05) is 24.8 Å². The highest BCUT2D eigenvalue weighted by atomic mass is 32.2. The fourth-order valence-corrected chi connectivity index (χ4v) is 4.54. The van der Waals surface area contributed by atoms with E-state index in [0.29, 0.717) is 23.1 Å². The Hall–Kier alpha value is -2.16. The molecule has 2 aromatic rings. The number of hydrogen-bond donors (Lipinski definition) is 2. The highest BCUT2D eigenvalue weighted by Crippen LogP contribution is 2.20. The van der Waals surface area contributed by atoms with Crippen molar-refractivity contribution in [2.75, 3.05) is 25.5 Å². The average Bonchev–Trinajstić information content (AvgIpc) is 2.68. The lowest BCUT2D eigenvalue weighted by molar-refractivity contribution is 0.415. The summed E-state index contributed by atoms with van der Waals surface area (Å²) in [5.74, 6) is 0.742. The molecule has 0 aliphatic rings. The van der Waals surface area contributed by atoms with Crippen molar-refractivity contribution < 1.29 is 13.2 Å². The number of thiocarbonyl (C=S) groups is 1. The lowest BCUT2D eigenvalue weighted by Crippen LogP contribution is -2.31. The van der Waals surface area contributed by atoms with Crippen LogP contribution in [0.2, 0.25) is 0 Å². The van der Waals surface area contributed by atoms with E-state index in [9.17, 15) is 8.42 Å². The van der Waals surface area contributed by atoms with Crippen LogP contribution in [0.4, 0.5) is 5.69 Å². The number of benzene rings is 2. The maximum atomic E-state index is 12.6. The second-order valence-corrected chi connectivity index (χ2v) is 8.56. The van der Waals surface area contributed by atoms with Crippen molar-refractivity contribution in [2.24, 2.45) is 0 Å². The largest absolute Gasteiger partial charge is 0.497 e. The zero-order valence-corrected chi connectivity index (χ0v) is 18.2. The van der Waals surface area contributed by atoms with Gasteiger partial charge in [0.25, 0.3) is 0 Å². The summed E-state index contributed by atoms with van der Waals surface area (Å²) >= 11 is 5.38. The summed E-state index contributed by atoms with van der Waals surface area (Å²) in [5, 5.41) is 6.80. The lowest BCUT2D eigenvalue weighted by atomic mass is 10.1. The fraction of sp³-hybridized carbons (Fsp3) is 0.350. The fourth-order valence-electron chi connectivity index (χ4n) is 2.79. The van der Waals surface area contributed by atoms with Crippen LogP contribution in [-0.4, -0.2) is 38.0 Å². The number of hydrogen-bond acceptors (Lipinski definition) is 4. The minimum Gasteiger partial charge on any atom is -0.497 e. The molecule has 6 nitrogen and oxygen atoms in total. The van der Waals surface area contributed by atoms with Crippen LogP contribution >= 0.6 is 12.2 Å². The number of anilines is 1. The maximum Gasteiger partial charge on any atom is 0.243 e. The van der Waals surface area contributed by atoms with E-state index >= 15 is 0 Å². The monoisotopic (exact) mass is 421 g/mol. The Morgan fingerprint density at radius 3 is 2.36 bits per heavy atom. The van der Waals surface area contributed by atoms with Crippen LogP contribution in [0.25, 0.3) is 0 Å². The molecule has 2 N–H and O–H groups in total. The first kappa shape index (κ1) is 22.1. The molecule has 0 saturated carbocycles. The predicted molar refractivity (Wildman–Crippen MR) is 117 cm³/mol. The third kappa shape index (κ3) is 5.43. The van der Waals surface area contributed by atoms with E-state index in [1.54, 1.807) is 19.2 Å². The van der Waals surface area contributed by atoms with Gasteiger partial charge in [-0.1, -0.05) is 32.0 Å². The number of sulfonamides is 1. The molecule has 152 valence electrons. The topological polar surface area (TPSA) is 70.7 Å². The maximum absolute atomic E-state index is 12.6. The molecule has 2 aromatic carbocycles. The molecule has 0 saturated heterocycles. The number of rotatable bonds is 8. The number of methoxy groups -OCH3 is 1. The smallest absolute Gasteiger partial charge is 0.243 e. The molecular weight excluding hydrogens is 394 g/mol. The van der Waals surface area contributed by atoms with Gasteiger partial charge in [-0.3, -0.25) is 0 Å². The summed E-state index contributed by atoms with van der Waals surface area (Å²) in [6, 6.07) is 14.3. The highest BCUT2D eigenvalue weighted by Gasteiger charge is 2.21. The minimum absolute atomic E-state index is 0.0872. The molecular formula is C20H27N3O3S2. The van der Waals surface area contributed by atoms with Crippen LogP contribution < -0.4 is 15.4 Å². The molecule has 2 rings (SSSR count). The van der Waals surface area contributed by atoms with Crippen molar-refractivity contribution in [3.63, 3.8) is 0 Å². The standard InChI is InChI=1S/C20H27N3O3S2/c1-5-23(6-2)28(24,25)19-12-10-16(11-13-19)15(3)21-20(27)22-17-8-7-9-18(14-17)26-4/h7-15H,5-6H2,1-4H3,(H2,21,22,27)/t15-/m1/s1. The predicted octanol–water partition coefficient (Wildman–Crippen LogP) is 3.77. The molecule has 0 radical (unpaired) electrons. The Balaban J connectivity index is 2.04. The van der Waals surface area contributed by atoms with Gasteiger partial charge in [0.2, 0.25) is 10.0 Å². The van der Waals surface area contributed by atoms with Crippen molar-refractivity contribution >= 4 is 33.0 Å². The zero-order chi connectivity index (χ0) is 20.7. The summed E-state index contributed by atoms with van der Waals surface area (Å²) < 4.78 is 31.8. The average molecular weight is 422 g/mol. The summed E-state index contributed by atoms with van der Waals surface area (Å²) in [5.41, 5.74) is 1.76. The van der Waals surface area contributed by atoms with Crippen LogP contribution in [0.5, 0.6) is 5.75 Å². The molecule has 1 atom stereocenters. The van der Waals surface area contributed by atoms with E-state index in [-0.39, 0.29) is 6.04 Å². The van der Waals surface area contributed by atoms with Gasteiger partial charge in [-0.25, -0.2) is 8.42 Å². The first-order valence-electron chi connectivity index (χ1n) is 9.13. The van der Waals surface area contributed by atoms with Gasteiger partial charge >= 0.3 is 0 Å². The van der Waals surface area contributed by atoms with Gasteiger partial charge in [-0.15, -0.1) is 0 Å². The van der Waals surface area contributed by atoms with Gasteiger partial charge in [-0.2, -0.15) is 4.31 Å². The van der Waals surface area contributed by atoms with E-state index < -0.39 is 10.0 Å². The Morgan fingerprint density at radius 1 is 1.14 bits per heavy atom. The quantitative estimate of drug-likeness (QED) is 0.632. The van der Waals surface area contributed by atoms with Crippen LogP contribution in [0, 0.1) is 0 Å². The Bertz CT molecular complexity index is 895. The molecule has 0 aromatic heterocycles. The van der Waals surface area contributed by atoms with E-state index in [1.165, 1.54) is 4.31 Å². The van der Waals surface area contributed by atoms with Crippen molar-refractivity contribution in [3.05, 3.63) is 54.1 Å². The Kier molecular flexibility index (Phi) is 7.79. The van der Waals surface area contributed by atoms with Gasteiger partial charge < -0.3 is 15.4 Å². The van der Waals surface area contributed by atoms with Crippen molar-refractivity contribution in [1.29, 1.82) is 0 Å². The van der Waals surface area contributed by atoms with Crippen molar-refractivity contribution in [1.82, 2.24) is 9.62 Å². The van der Waals surface area contributed by atoms with Gasteiger partial charge in [0.15, 0.2) is 5.11 Å². The first-order chi connectivity index (χ1) is 13.3. The molecule has 0 amide bonds. The van der Waals surface area contributed by atoms with Crippen molar-refractivity contribution in [2.45, 2.75) is 31.7 Å². The molecule has 0 bridgehead atoms. The molecule has 0 aliphatic carbocycles. The Morgan fingerprint density at radius 2 is 1.79 bits per heavy atom. The van der Waals surface area contributed by atoms with Gasteiger partial charge in [0.05, 0.1) is 18.0 Å². The van der Waals surface area contributed by atoms with Crippen LogP contribution in [0.1, 0.15) is 32.4 Å². The van der Waals surface area contributed by atoms with E-state index in [2.05, 4.69) is 10.6 Å². The highest BCUT2D eigenvalue weighted by molar-refractivity contribution is 7.89. The number of ether oxygens (including phenoxy) is 1. The third-order valence-electron chi connectivity index (χ3n) is 4.40. The molecule has 0 spiro atoms. The van der Waals surface area contributed by atoms with Crippen molar-refractivity contribution in [3.8, 4) is 5.75 Å². The number of nitrogens with zero attached hydrogens (tertiary/aromatic N) is 1. The van der Waals surface area contributed by atoms with Crippen LogP contribution in [0.3, 0.4) is 0 Å². The summed E-state index contributed by atoms with van der Waals surface area (Å²) in [6.07, 6.45) is 0. The molecule has 0 heterocycles. The van der Waals surface area contributed by atoms with E-state index in [4.69, 9.17) is 17.0 Å². The molecule has 8 heteroatoms. The molecule has 0 fully saturated rings. The second-order valence-electron chi connectivity index (χ2n) is 6.21. The second kappa shape index (κ2) is 9.86. The zero-order valence-electron chi connectivity index (χ0n) is 16.6. The minimum atomic E-state index is -3.45. The normalized spacial score (nSPS) is 12.5. The Labute approximate surface area is 173 Å². The molecule has 0 unspecified atom stereocenters. The molecule has 0 aliphatic heterocycles. The first-order valence-corrected chi connectivity index (χ1v) is 11.0. The third-order valence-corrected chi connectivity index (χ3v) is 6.68. The lowest BCUT2D eigenvalue weighted by Gasteiger charge is -2.20. The summed E-state index contributed by atoms with van der Waals surface area (Å²) in [7, 11) is -1.84. The summed E-state index contributed by atoms with van der Waals surface area (Å²) in [6.45, 7) is 6.52.